The zero-order chi connectivity index (χ0) is 17.6. The lowest BCUT2D eigenvalue weighted by Crippen LogP contribution is -2.40. The Labute approximate surface area is 147 Å². The number of furan rings is 1. The molecule has 2 amide bonds. The van der Waals surface area contributed by atoms with Gasteiger partial charge < -0.3 is 14.6 Å². The fourth-order valence-electron chi connectivity index (χ4n) is 3.08. The Hall–Kier alpha value is -2.60. The van der Waals surface area contributed by atoms with Crippen LogP contribution in [0.3, 0.4) is 0 Å². The summed E-state index contributed by atoms with van der Waals surface area (Å²) in [5.41, 5.74) is 1.06. The van der Waals surface area contributed by atoms with Crippen LogP contribution in [-0.4, -0.2) is 48.3 Å². The van der Waals surface area contributed by atoms with E-state index in [9.17, 15) is 9.59 Å². The number of hydrogen-bond donors (Lipinski definition) is 1. The number of rotatable bonds is 5. The van der Waals surface area contributed by atoms with Crippen molar-refractivity contribution in [2.75, 3.05) is 26.7 Å². The van der Waals surface area contributed by atoms with Crippen LogP contribution >= 0.6 is 0 Å². The highest BCUT2D eigenvalue weighted by molar-refractivity contribution is 5.79. The Morgan fingerprint density at radius 1 is 1.28 bits per heavy atom. The summed E-state index contributed by atoms with van der Waals surface area (Å²) in [6.07, 6.45) is 1.96. The van der Waals surface area contributed by atoms with Crippen molar-refractivity contribution in [2.24, 2.45) is 0 Å². The van der Waals surface area contributed by atoms with Crippen molar-refractivity contribution in [3.8, 4) is 0 Å². The molecule has 1 saturated heterocycles. The van der Waals surface area contributed by atoms with Crippen LogP contribution < -0.4 is 5.32 Å². The van der Waals surface area contributed by atoms with E-state index in [1.807, 2.05) is 42.5 Å². The van der Waals surface area contributed by atoms with E-state index in [2.05, 4.69) is 10.2 Å². The van der Waals surface area contributed by atoms with Gasteiger partial charge in [0.05, 0.1) is 19.4 Å². The molecule has 6 heteroatoms. The van der Waals surface area contributed by atoms with Gasteiger partial charge in [-0.2, -0.15) is 0 Å². The predicted molar refractivity (Wildman–Crippen MR) is 93.6 cm³/mol. The smallest absolute Gasteiger partial charge is 0.236 e. The summed E-state index contributed by atoms with van der Waals surface area (Å²) < 4.78 is 5.31. The van der Waals surface area contributed by atoms with Crippen LogP contribution in [0.4, 0.5) is 0 Å². The van der Waals surface area contributed by atoms with Crippen molar-refractivity contribution in [1.82, 2.24) is 15.1 Å². The van der Waals surface area contributed by atoms with Gasteiger partial charge in [0.1, 0.15) is 5.76 Å². The molecule has 2 heterocycles. The van der Waals surface area contributed by atoms with Crippen molar-refractivity contribution in [2.45, 2.75) is 19.0 Å². The highest BCUT2D eigenvalue weighted by Crippen LogP contribution is 2.25. The second kappa shape index (κ2) is 7.98. The van der Waals surface area contributed by atoms with E-state index in [0.717, 1.165) is 11.3 Å². The van der Waals surface area contributed by atoms with Crippen molar-refractivity contribution in [3.05, 3.63) is 60.1 Å². The molecule has 0 aliphatic carbocycles. The molecule has 1 fully saturated rings. The quantitative estimate of drug-likeness (QED) is 0.901. The van der Waals surface area contributed by atoms with Crippen molar-refractivity contribution >= 4 is 11.8 Å². The van der Waals surface area contributed by atoms with E-state index in [0.29, 0.717) is 26.1 Å². The number of likely N-dealkylation sites (N-methyl/N-ethyl adjacent to an activating group) is 1. The normalized spacial score (nSPS) is 18.4. The van der Waals surface area contributed by atoms with Gasteiger partial charge in [-0.15, -0.1) is 0 Å². The molecule has 3 rings (SSSR count). The first kappa shape index (κ1) is 17.2. The number of hydrogen-bond acceptors (Lipinski definition) is 4. The molecule has 0 bridgehead atoms. The number of carbonyl (C=O) groups is 2. The molecule has 1 N–H and O–H groups in total. The topological polar surface area (TPSA) is 65.8 Å². The van der Waals surface area contributed by atoms with Gasteiger partial charge in [-0.25, -0.2) is 0 Å². The maximum atomic E-state index is 12.6. The molecule has 1 aliphatic rings. The molecule has 132 valence electrons. The lowest BCUT2D eigenvalue weighted by atomic mass is 10.0. The zero-order valence-corrected chi connectivity index (χ0v) is 14.4. The van der Waals surface area contributed by atoms with Crippen LogP contribution in [0.2, 0.25) is 0 Å². The Kier molecular flexibility index (Phi) is 5.50. The van der Waals surface area contributed by atoms with E-state index in [1.54, 1.807) is 18.2 Å². The fourth-order valence-corrected chi connectivity index (χ4v) is 3.08. The molecule has 1 aliphatic heterocycles. The highest BCUT2D eigenvalue weighted by Gasteiger charge is 2.28. The van der Waals surface area contributed by atoms with Crippen LogP contribution in [-0.2, 0) is 16.1 Å². The Morgan fingerprint density at radius 2 is 2.08 bits per heavy atom. The number of carbonyl (C=O) groups excluding carboxylic acids is 2. The molecule has 25 heavy (non-hydrogen) atoms. The van der Waals surface area contributed by atoms with E-state index in [4.69, 9.17) is 4.42 Å². The van der Waals surface area contributed by atoms with Crippen LogP contribution in [0.15, 0.2) is 53.1 Å². The molecule has 1 aromatic heterocycles. The van der Waals surface area contributed by atoms with Crippen LogP contribution in [0.1, 0.15) is 23.8 Å². The largest absolute Gasteiger partial charge is 0.467 e. The monoisotopic (exact) mass is 341 g/mol. The van der Waals surface area contributed by atoms with E-state index in [-0.39, 0.29) is 24.4 Å². The average Bonchev–Trinajstić information content (AvgIpc) is 3.05. The van der Waals surface area contributed by atoms with Gasteiger partial charge in [0.15, 0.2) is 0 Å². The second-order valence-corrected chi connectivity index (χ2v) is 6.28. The Bertz CT molecular complexity index is 700. The first-order chi connectivity index (χ1) is 12.1. The molecule has 1 atom stereocenters. The summed E-state index contributed by atoms with van der Waals surface area (Å²) in [7, 11) is 1.77. The van der Waals surface area contributed by atoms with Gasteiger partial charge in [-0.05, 0) is 17.7 Å². The summed E-state index contributed by atoms with van der Waals surface area (Å²) in [6, 6.07) is 13.5. The number of nitrogens with zero attached hydrogens (tertiary/aromatic N) is 2. The van der Waals surface area contributed by atoms with Crippen LogP contribution in [0, 0.1) is 0 Å². The summed E-state index contributed by atoms with van der Waals surface area (Å²) in [4.78, 5) is 28.4. The minimum atomic E-state index is -0.0929. The zero-order valence-electron chi connectivity index (χ0n) is 14.4. The molecular formula is C19H23N3O3. The summed E-state index contributed by atoms with van der Waals surface area (Å²) in [6.45, 7) is 1.90. The molecule has 2 aromatic rings. The van der Waals surface area contributed by atoms with Crippen molar-refractivity contribution in [1.29, 1.82) is 0 Å². The predicted octanol–water partition coefficient (Wildman–Crippen LogP) is 1.80. The van der Waals surface area contributed by atoms with E-state index >= 15 is 0 Å². The maximum absolute atomic E-state index is 12.6. The number of benzene rings is 1. The Balaban J connectivity index is 1.71. The molecule has 6 nitrogen and oxygen atoms in total. The van der Waals surface area contributed by atoms with Gasteiger partial charge in [0, 0.05) is 32.6 Å². The summed E-state index contributed by atoms with van der Waals surface area (Å²) in [5, 5.41) is 2.89. The molecule has 0 radical (unpaired) electrons. The minimum Gasteiger partial charge on any atom is -0.467 e. The first-order valence-corrected chi connectivity index (χ1v) is 8.45. The molecule has 0 spiro atoms. The third-order valence-corrected chi connectivity index (χ3v) is 4.46. The summed E-state index contributed by atoms with van der Waals surface area (Å²) in [5.74, 6) is 0.780. The van der Waals surface area contributed by atoms with Gasteiger partial charge in [0.25, 0.3) is 0 Å². The lowest BCUT2D eigenvalue weighted by molar-refractivity contribution is -0.132. The average molecular weight is 341 g/mol. The second-order valence-electron chi connectivity index (χ2n) is 6.28. The van der Waals surface area contributed by atoms with Crippen molar-refractivity contribution in [3.63, 3.8) is 0 Å². The SMILES string of the molecule is CN(Cc1ccco1)C(=O)CN1CCNC(=O)C[C@H]1c1ccccc1. The Morgan fingerprint density at radius 3 is 2.80 bits per heavy atom. The van der Waals surface area contributed by atoms with Crippen LogP contribution in [0.5, 0.6) is 0 Å². The molecule has 0 unspecified atom stereocenters. The summed E-state index contributed by atoms with van der Waals surface area (Å²) >= 11 is 0. The van der Waals surface area contributed by atoms with Gasteiger partial charge in [0.2, 0.25) is 11.8 Å². The van der Waals surface area contributed by atoms with Gasteiger partial charge in [-0.3, -0.25) is 14.5 Å². The molecule has 0 saturated carbocycles. The fraction of sp³-hybridized carbons (Fsp3) is 0.368. The third-order valence-electron chi connectivity index (χ3n) is 4.46. The minimum absolute atomic E-state index is 0.00619. The maximum Gasteiger partial charge on any atom is 0.236 e. The highest BCUT2D eigenvalue weighted by atomic mass is 16.3. The van der Waals surface area contributed by atoms with Gasteiger partial charge in [-0.1, -0.05) is 30.3 Å². The lowest BCUT2D eigenvalue weighted by Gasteiger charge is -2.30. The number of amides is 2. The van der Waals surface area contributed by atoms with Gasteiger partial charge >= 0.3 is 0 Å². The van der Waals surface area contributed by atoms with Crippen molar-refractivity contribution < 1.29 is 14.0 Å². The van der Waals surface area contributed by atoms with E-state index < -0.39 is 0 Å². The van der Waals surface area contributed by atoms with Crippen LogP contribution in [0.25, 0.3) is 0 Å². The molecular weight excluding hydrogens is 318 g/mol. The first-order valence-electron chi connectivity index (χ1n) is 8.45. The molecule has 1 aromatic carbocycles. The van der Waals surface area contributed by atoms with E-state index in [1.165, 1.54) is 0 Å². The third kappa shape index (κ3) is 4.48. The standard InChI is InChI=1S/C19H23N3O3/c1-21(13-16-8-5-11-25-16)19(24)14-22-10-9-20-18(23)12-17(22)15-6-3-2-4-7-15/h2-8,11,17H,9-10,12-14H2,1H3,(H,20,23)/t17-/m0/s1. The number of nitrogens with one attached hydrogen (secondary N) is 1.